The van der Waals surface area contributed by atoms with Gasteiger partial charge in [0.1, 0.15) is 11.3 Å². The summed E-state index contributed by atoms with van der Waals surface area (Å²) in [6.07, 6.45) is 8.43. The van der Waals surface area contributed by atoms with Gasteiger partial charge >= 0.3 is 12.0 Å². The third kappa shape index (κ3) is 5.31. The Morgan fingerprint density at radius 3 is 2.59 bits per heavy atom. The van der Waals surface area contributed by atoms with Gasteiger partial charge in [0, 0.05) is 6.54 Å². The molecular formula is C21H22N2O6. The summed E-state index contributed by atoms with van der Waals surface area (Å²) in [6.45, 7) is -0.238. The van der Waals surface area contributed by atoms with E-state index in [2.05, 4.69) is 11.4 Å². The standard InChI is InChI=1S/C21H22N2O6/c24-18(25)13-29-16-8-6-15(7-9-16)12-17-19(26)22-21(28)23(20(17)27)11-10-14-4-2-1-3-5-14/h4,6-9,12H,1-3,5,10-11,13H2,(H,24,25)(H,22,26,28)/b17-12+. The van der Waals surface area contributed by atoms with Gasteiger partial charge in [-0.1, -0.05) is 23.8 Å². The SMILES string of the molecule is O=C(O)COc1ccc(/C=C2\C(=O)NC(=O)N(CCC3=CCCCC3)C2=O)cc1. The first-order chi connectivity index (χ1) is 13.9. The summed E-state index contributed by atoms with van der Waals surface area (Å²) in [5.41, 5.74) is 1.66. The first-order valence-corrected chi connectivity index (χ1v) is 9.45. The predicted molar refractivity (Wildman–Crippen MR) is 104 cm³/mol. The van der Waals surface area contributed by atoms with E-state index in [1.807, 2.05) is 0 Å². The quantitative estimate of drug-likeness (QED) is 0.415. The molecule has 0 radical (unpaired) electrons. The Morgan fingerprint density at radius 2 is 1.93 bits per heavy atom. The van der Waals surface area contributed by atoms with Crippen LogP contribution in [0.15, 0.2) is 41.5 Å². The van der Waals surface area contributed by atoms with Crippen molar-refractivity contribution < 1.29 is 29.0 Å². The lowest BCUT2D eigenvalue weighted by molar-refractivity contribution is -0.139. The van der Waals surface area contributed by atoms with Crippen LogP contribution >= 0.6 is 0 Å². The van der Waals surface area contributed by atoms with Crippen molar-refractivity contribution in [3.63, 3.8) is 0 Å². The maximum atomic E-state index is 12.7. The van der Waals surface area contributed by atoms with Crippen LogP contribution in [0.1, 0.15) is 37.7 Å². The molecule has 3 rings (SSSR count). The van der Waals surface area contributed by atoms with Gasteiger partial charge in [-0.25, -0.2) is 9.59 Å². The van der Waals surface area contributed by atoms with Crippen molar-refractivity contribution in [3.05, 3.63) is 47.1 Å². The molecule has 29 heavy (non-hydrogen) atoms. The van der Waals surface area contributed by atoms with Crippen LogP contribution in [-0.4, -0.2) is 47.0 Å². The second-order valence-corrected chi connectivity index (χ2v) is 6.88. The summed E-state index contributed by atoms with van der Waals surface area (Å²) < 4.78 is 5.05. The first kappa shape index (κ1) is 20.3. The highest BCUT2D eigenvalue weighted by Crippen LogP contribution is 2.22. The average Bonchev–Trinajstić information content (AvgIpc) is 2.71. The van der Waals surface area contributed by atoms with Crippen molar-refractivity contribution >= 4 is 29.9 Å². The molecule has 0 atom stereocenters. The first-order valence-electron chi connectivity index (χ1n) is 9.45. The molecule has 152 valence electrons. The van der Waals surface area contributed by atoms with Gasteiger partial charge < -0.3 is 9.84 Å². The van der Waals surface area contributed by atoms with Crippen molar-refractivity contribution in [1.29, 1.82) is 0 Å². The molecule has 1 aromatic rings. The molecule has 0 saturated carbocycles. The fraction of sp³-hybridized carbons (Fsp3) is 0.333. The van der Waals surface area contributed by atoms with Gasteiger partial charge in [0.05, 0.1) is 0 Å². The number of carboxylic acid groups (broad SMARTS) is 1. The van der Waals surface area contributed by atoms with Gasteiger partial charge in [0.15, 0.2) is 6.61 Å². The van der Waals surface area contributed by atoms with Crippen LogP contribution in [0.3, 0.4) is 0 Å². The number of carbonyl (C=O) groups excluding carboxylic acids is 3. The van der Waals surface area contributed by atoms with Gasteiger partial charge in [0.2, 0.25) is 0 Å². The van der Waals surface area contributed by atoms with E-state index >= 15 is 0 Å². The number of urea groups is 1. The van der Waals surface area contributed by atoms with E-state index in [4.69, 9.17) is 9.84 Å². The Labute approximate surface area is 167 Å². The molecule has 1 saturated heterocycles. The zero-order valence-corrected chi connectivity index (χ0v) is 15.8. The number of hydrogen-bond acceptors (Lipinski definition) is 5. The fourth-order valence-electron chi connectivity index (χ4n) is 3.26. The van der Waals surface area contributed by atoms with E-state index in [0.717, 1.165) is 30.6 Å². The molecule has 2 aliphatic rings. The molecule has 1 aromatic carbocycles. The van der Waals surface area contributed by atoms with Crippen LogP contribution in [-0.2, 0) is 14.4 Å². The molecular weight excluding hydrogens is 376 g/mol. The monoisotopic (exact) mass is 398 g/mol. The van der Waals surface area contributed by atoms with Gasteiger partial charge in [-0.15, -0.1) is 0 Å². The molecule has 1 fully saturated rings. The second-order valence-electron chi connectivity index (χ2n) is 6.88. The highest BCUT2D eigenvalue weighted by atomic mass is 16.5. The summed E-state index contributed by atoms with van der Waals surface area (Å²) >= 11 is 0. The highest BCUT2D eigenvalue weighted by molar-refractivity contribution is 6.31. The third-order valence-electron chi connectivity index (χ3n) is 4.78. The number of benzene rings is 1. The Hall–Kier alpha value is -3.42. The lowest BCUT2D eigenvalue weighted by Gasteiger charge is -2.27. The van der Waals surface area contributed by atoms with E-state index in [1.54, 1.807) is 24.3 Å². The minimum Gasteiger partial charge on any atom is -0.482 e. The molecule has 4 amide bonds. The molecule has 0 bridgehead atoms. The number of nitrogens with one attached hydrogen (secondary N) is 1. The molecule has 1 heterocycles. The molecule has 0 aromatic heterocycles. The topological polar surface area (TPSA) is 113 Å². The van der Waals surface area contributed by atoms with Gasteiger partial charge in [0.25, 0.3) is 11.8 Å². The number of carboxylic acids is 1. The Balaban J connectivity index is 1.70. The van der Waals surface area contributed by atoms with Gasteiger partial charge in [-0.05, 0) is 55.9 Å². The fourth-order valence-corrected chi connectivity index (χ4v) is 3.26. The molecule has 0 unspecified atom stereocenters. The van der Waals surface area contributed by atoms with Crippen LogP contribution in [0.25, 0.3) is 6.08 Å². The lowest BCUT2D eigenvalue weighted by Crippen LogP contribution is -2.54. The average molecular weight is 398 g/mol. The van der Waals surface area contributed by atoms with E-state index in [9.17, 15) is 19.2 Å². The summed E-state index contributed by atoms with van der Waals surface area (Å²) in [6, 6.07) is 5.57. The molecule has 1 aliphatic carbocycles. The van der Waals surface area contributed by atoms with E-state index in [1.165, 1.54) is 11.6 Å². The third-order valence-corrected chi connectivity index (χ3v) is 4.78. The number of imide groups is 2. The van der Waals surface area contributed by atoms with Crippen LogP contribution < -0.4 is 10.1 Å². The van der Waals surface area contributed by atoms with Crippen LogP contribution in [0.2, 0.25) is 0 Å². The molecule has 8 heteroatoms. The van der Waals surface area contributed by atoms with Crippen molar-refractivity contribution in [3.8, 4) is 5.75 Å². The van der Waals surface area contributed by atoms with Gasteiger partial charge in [-0.2, -0.15) is 0 Å². The maximum absolute atomic E-state index is 12.7. The van der Waals surface area contributed by atoms with Crippen molar-refractivity contribution in [1.82, 2.24) is 10.2 Å². The van der Waals surface area contributed by atoms with E-state index < -0.39 is 30.4 Å². The number of carbonyl (C=O) groups is 4. The van der Waals surface area contributed by atoms with E-state index in [-0.39, 0.29) is 12.1 Å². The Kier molecular flexibility index (Phi) is 6.43. The molecule has 0 spiro atoms. The summed E-state index contributed by atoms with van der Waals surface area (Å²) in [7, 11) is 0. The van der Waals surface area contributed by atoms with Gasteiger partial charge in [-0.3, -0.25) is 19.8 Å². The summed E-state index contributed by atoms with van der Waals surface area (Å²) in [5, 5.41) is 10.8. The van der Waals surface area contributed by atoms with Crippen LogP contribution in [0.5, 0.6) is 5.75 Å². The van der Waals surface area contributed by atoms with Crippen molar-refractivity contribution in [2.45, 2.75) is 32.1 Å². The second kappa shape index (κ2) is 9.18. The van der Waals surface area contributed by atoms with Crippen molar-refractivity contribution in [2.24, 2.45) is 0 Å². The Morgan fingerprint density at radius 1 is 1.17 bits per heavy atom. The number of barbiturate groups is 1. The number of amides is 4. The number of ether oxygens (including phenoxy) is 1. The summed E-state index contributed by atoms with van der Waals surface area (Å²) in [5.74, 6) is -2.10. The minimum atomic E-state index is -1.09. The zero-order chi connectivity index (χ0) is 20.8. The number of aliphatic carboxylic acids is 1. The molecule has 8 nitrogen and oxygen atoms in total. The zero-order valence-electron chi connectivity index (χ0n) is 15.8. The number of nitrogens with zero attached hydrogens (tertiary/aromatic N) is 1. The number of hydrogen-bond donors (Lipinski definition) is 2. The Bertz CT molecular complexity index is 885. The van der Waals surface area contributed by atoms with Crippen LogP contribution in [0.4, 0.5) is 4.79 Å². The summed E-state index contributed by atoms with van der Waals surface area (Å²) in [4.78, 5) is 48.6. The largest absolute Gasteiger partial charge is 0.482 e. The normalized spacial score (nSPS) is 18.5. The van der Waals surface area contributed by atoms with Crippen molar-refractivity contribution in [2.75, 3.05) is 13.2 Å². The maximum Gasteiger partial charge on any atom is 0.341 e. The minimum absolute atomic E-state index is 0.124. The molecule has 1 aliphatic heterocycles. The molecule has 2 N–H and O–H groups in total. The van der Waals surface area contributed by atoms with Crippen LogP contribution in [0, 0.1) is 0 Å². The van der Waals surface area contributed by atoms with E-state index in [0.29, 0.717) is 17.7 Å². The highest BCUT2D eigenvalue weighted by Gasteiger charge is 2.35. The number of rotatable bonds is 7. The predicted octanol–water partition coefficient (Wildman–Crippen LogP) is 2.50. The smallest absolute Gasteiger partial charge is 0.341 e. The number of allylic oxidation sites excluding steroid dienone is 1. The lowest BCUT2D eigenvalue weighted by atomic mass is 9.97.